The quantitative estimate of drug-likeness (QED) is 0.867. The number of hydrogen-bond donors (Lipinski definition) is 1. The van der Waals surface area contributed by atoms with Crippen LogP contribution in [0, 0.1) is 12.8 Å². The van der Waals surface area contributed by atoms with Crippen molar-refractivity contribution in [2.75, 3.05) is 13.1 Å². The molecule has 17 heavy (non-hydrogen) atoms. The highest BCUT2D eigenvalue weighted by Crippen LogP contribution is 2.26. The van der Waals surface area contributed by atoms with Gasteiger partial charge in [-0.2, -0.15) is 0 Å². The van der Waals surface area contributed by atoms with Gasteiger partial charge in [-0.15, -0.1) is 0 Å². The average molecular weight is 233 g/mol. The number of nitrogens with zero attached hydrogens (tertiary/aromatic N) is 1. The molecular formula is C15H23NO. The third-order valence-corrected chi connectivity index (χ3v) is 3.87. The van der Waals surface area contributed by atoms with E-state index in [1.807, 2.05) is 18.2 Å². The van der Waals surface area contributed by atoms with Crippen LogP contribution in [0.4, 0.5) is 0 Å². The SMILES string of the molecule is Cc1ccccc1C(O)CN1CC(C)CC1C. The molecule has 0 aliphatic carbocycles. The Bertz CT molecular complexity index is 377. The topological polar surface area (TPSA) is 23.5 Å². The molecule has 0 radical (unpaired) electrons. The molecule has 1 aliphatic heterocycles. The Morgan fingerprint density at radius 3 is 2.65 bits per heavy atom. The fourth-order valence-electron chi connectivity index (χ4n) is 2.92. The van der Waals surface area contributed by atoms with E-state index in [-0.39, 0.29) is 6.10 Å². The van der Waals surface area contributed by atoms with Gasteiger partial charge in [-0.3, -0.25) is 4.90 Å². The molecule has 0 saturated carbocycles. The zero-order valence-electron chi connectivity index (χ0n) is 11.1. The van der Waals surface area contributed by atoms with Crippen molar-refractivity contribution in [3.8, 4) is 0 Å². The minimum atomic E-state index is -0.357. The molecule has 3 unspecified atom stereocenters. The molecule has 0 amide bonds. The fraction of sp³-hybridized carbons (Fsp3) is 0.600. The van der Waals surface area contributed by atoms with E-state index in [9.17, 15) is 5.11 Å². The Morgan fingerprint density at radius 1 is 1.35 bits per heavy atom. The molecule has 3 atom stereocenters. The maximum atomic E-state index is 10.3. The minimum Gasteiger partial charge on any atom is -0.387 e. The van der Waals surface area contributed by atoms with Crippen LogP contribution in [0.3, 0.4) is 0 Å². The summed E-state index contributed by atoms with van der Waals surface area (Å²) in [5.74, 6) is 0.758. The van der Waals surface area contributed by atoms with Crippen LogP contribution in [0.1, 0.15) is 37.5 Å². The Balaban J connectivity index is 2.02. The van der Waals surface area contributed by atoms with Crippen molar-refractivity contribution in [1.82, 2.24) is 4.90 Å². The standard InChI is InChI=1S/C15H23NO/c1-11-8-13(3)16(9-11)10-15(17)14-7-5-4-6-12(14)2/h4-7,11,13,15,17H,8-10H2,1-3H3. The molecule has 1 aromatic rings. The third-order valence-electron chi connectivity index (χ3n) is 3.87. The lowest BCUT2D eigenvalue weighted by Gasteiger charge is -2.25. The first-order valence-corrected chi connectivity index (χ1v) is 6.55. The van der Waals surface area contributed by atoms with Crippen LogP contribution in [0.15, 0.2) is 24.3 Å². The summed E-state index contributed by atoms with van der Waals surface area (Å²) >= 11 is 0. The number of aliphatic hydroxyl groups excluding tert-OH is 1. The second kappa shape index (κ2) is 5.19. The van der Waals surface area contributed by atoms with E-state index in [4.69, 9.17) is 0 Å². The molecule has 1 N–H and O–H groups in total. The van der Waals surface area contributed by atoms with E-state index in [0.29, 0.717) is 6.04 Å². The largest absolute Gasteiger partial charge is 0.387 e. The van der Waals surface area contributed by atoms with E-state index in [1.165, 1.54) is 12.0 Å². The normalized spacial score (nSPS) is 27.3. The number of aliphatic hydroxyl groups is 1. The Hall–Kier alpha value is -0.860. The van der Waals surface area contributed by atoms with Crippen LogP contribution < -0.4 is 0 Å². The van der Waals surface area contributed by atoms with Gasteiger partial charge in [-0.1, -0.05) is 31.2 Å². The lowest BCUT2D eigenvalue weighted by Crippen LogP contribution is -2.31. The van der Waals surface area contributed by atoms with Crippen LogP contribution in [-0.2, 0) is 0 Å². The van der Waals surface area contributed by atoms with Gasteiger partial charge in [0, 0.05) is 19.1 Å². The maximum absolute atomic E-state index is 10.3. The molecule has 1 heterocycles. The number of benzene rings is 1. The van der Waals surface area contributed by atoms with E-state index < -0.39 is 0 Å². The van der Waals surface area contributed by atoms with Gasteiger partial charge in [0.05, 0.1) is 6.10 Å². The van der Waals surface area contributed by atoms with Crippen LogP contribution >= 0.6 is 0 Å². The maximum Gasteiger partial charge on any atom is 0.0919 e. The van der Waals surface area contributed by atoms with Gasteiger partial charge in [0.2, 0.25) is 0 Å². The first-order valence-electron chi connectivity index (χ1n) is 6.55. The highest BCUT2D eigenvalue weighted by Gasteiger charge is 2.27. The lowest BCUT2D eigenvalue weighted by molar-refractivity contribution is 0.108. The highest BCUT2D eigenvalue weighted by atomic mass is 16.3. The smallest absolute Gasteiger partial charge is 0.0919 e. The first-order chi connectivity index (χ1) is 8.08. The molecule has 0 aromatic heterocycles. The second-order valence-corrected chi connectivity index (χ2v) is 5.52. The zero-order valence-corrected chi connectivity index (χ0v) is 11.1. The molecule has 1 fully saturated rings. The summed E-state index contributed by atoms with van der Waals surface area (Å²) in [5, 5.41) is 10.3. The van der Waals surface area contributed by atoms with Crippen LogP contribution in [0.5, 0.6) is 0 Å². The average Bonchev–Trinajstić information content (AvgIpc) is 2.58. The van der Waals surface area contributed by atoms with E-state index in [0.717, 1.165) is 24.6 Å². The van der Waals surface area contributed by atoms with Gasteiger partial charge in [0.25, 0.3) is 0 Å². The third kappa shape index (κ3) is 2.88. The molecular weight excluding hydrogens is 210 g/mol. The molecule has 0 spiro atoms. The van der Waals surface area contributed by atoms with E-state index in [2.05, 4.69) is 31.7 Å². The first kappa shape index (κ1) is 12.6. The summed E-state index contributed by atoms with van der Waals surface area (Å²) in [5.41, 5.74) is 2.25. The number of rotatable bonds is 3. The van der Waals surface area contributed by atoms with Gasteiger partial charge in [0.15, 0.2) is 0 Å². The summed E-state index contributed by atoms with van der Waals surface area (Å²) < 4.78 is 0. The molecule has 94 valence electrons. The van der Waals surface area contributed by atoms with Crippen molar-refractivity contribution in [2.24, 2.45) is 5.92 Å². The highest BCUT2D eigenvalue weighted by molar-refractivity contribution is 5.27. The Morgan fingerprint density at radius 2 is 2.06 bits per heavy atom. The minimum absolute atomic E-state index is 0.357. The number of likely N-dealkylation sites (tertiary alicyclic amines) is 1. The lowest BCUT2D eigenvalue weighted by atomic mass is 10.0. The summed E-state index contributed by atoms with van der Waals surface area (Å²) in [4.78, 5) is 2.40. The molecule has 1 aromatic carbocycles. The second-order valence-electron chi connectivity index (χ2n) is 5.52. The summed E-state index contributed by atoms with van der Waals surface area (Å²) in [6, 6.07) is 8.72. The van der Waals surface area contributed by atoms with Crippen LogP contribution in [-0.4, -0.2) is 29.1 Å². The zero-order chi connectivity index (χ0) is 12.4. The molecule has 2 heteroatoms. The van der Waals surface area contributed by atoms with Crippen molar-refractivity contribution in [1.29, 1.82) is 0 Å². The van der Waals surface area contributed by atoms with Crippen molar-refractivity contribution in [3.63, 3.8) is 0 Å². The molecule has 1 aliphatic rings. The Labute approximate surface area is 104 Å². The van der Waals surface area contributed by atoms with Crippen molar-refractivity contribution >= 4 is 0 Å². The number of β-amino-alcohol motifs (C(OH)–C–C–N with tert-alkyl or cyclic N) is 1. The van der Waals surface area contributed by atoms with Gasteiger partial charge >= 0.3 is 0 Å². The summed E-state index contributed by atoms with van der Waals surface area (Å²) in [7, 11) is 0. The monoisotopic (exact) mass is 233 g/mol. The van der Waals surface area contributed by atoms with Gasteiger partial charge in [-0.25, -0.2) is 0 Å². The summed E-state index contributed by atoms with van der Waals surface area (Å²) in [6.45, 7) is 8.49. The number of aryl methyl sites for hydroxylation is 1. The van der Waals surface area contributed by atoms with Crippen molar-refractivity contribution < 1.29 is 5.11 Å². The molecule has 1 saturated heterocycles. The molecule has 0 bridgehead atoms. The van der Waals surface area contributed by atoms with Crippen LogP contribution in [0.25, 0.3) is 0 Å². The molecule has 2 rings (SSSR count). The van der Waals surface area contributed by atoms with Gasteiger partial charge in [0.1, 0.15) is 0 Å². The predicted octanol–water partition coefficient (Wildman–Crippen LogP) is 2.76. The van der Waals surface area contributed by atoms with E-state index in [1.54, 1.807) is 0 Å². The van der Waals surface area contributed by atoms with Crippen LogP contribution in [0.2, 0.25) is 0 Å². The van der Waals surface area contributed by atoms with Crippen molar-refractivity contribution in [2.45, 2.75) is 39.3 Å². The van der Waals surface area contributed by atoms with Gasteiger partial charge in [-0.05, 0) is 37.3 Å². The number of hydrogen-bond acceptors (Lipinski definition) is 2. The summed E-state index contributed by atoms with van der Waals surface area (Å²) in [6.07, 6.45) is 0.893. The Kier molecular flexibility index (Phi) is 3.85. The fourth-order valence-corrected chi connectivity index (χ4v) is 2.92. The van der Waals surface area contributed by atoms with E-state index >= 15 is 0 Å². The predicted molar refractivity (Wildman–Crippen MR) is 71.0 cm³/mol. The molecule has 2 nitrogen and oxygen atoms in total. The van der Waals surface area contributed by atoms with Crippen molar-refractivity contribution in [3.05, 3.63) is 35.4 Å². The van der Waals surface area contributed by atoms with Gasteiger partial charge < -0.3 is 5.11 Å².